The summed E-state index contributed by atoms with van der Waals surface area (Å²) in [6.45, 7) is 5.98. The molecule has 27 heavy (non-hydrogen) atoms. The van der Waals surface area contributed by atoms with E-state index in [4.69, 9.17) is 18.9 Å². The molecule has 7 nitrogen and oxygen atoms in total. The van der Waals surface area contributed by atoms with Crippen molar-refractivity contribution in [2.45, 2.75) is 64.1 Å². The highest BCUT2D eigenvalue weighted by Gasteiger charge is 2.45. The van der Waals surface area contributed by atoms with Crippen LogP contribution < -0.4 is 14.2 Å². The van der Waals surface area contributed by atoms with Crippen molar-refractivity contribution in [3.05, 3.63) is 17.2 Å². The van der Waals surface area contributed by atoms with Crippen molar-refractivity contribution in [3.63, 3.8) is 0 Å². The second kappa shape index (κ2) is 6.32. The number of Topliss-reactive ketones (excluding diaryl/α,β-unsaturated/α-hetero) is 1. The van der Waals surface area contributed by atoms with E-state index in [1.807, 2.05) is 26.8 Å². The third-order valence-corrected chi connectivity index (χ3v) is 5.35. The zero-order chi connectivity index (χ0) is 19.3. The molecule has 1 fully saturated rings. The van der Waals surface area contributed by atoms with Crippen LogP contribution in [0.3, 0.4) is 0 Å². The molecule has 0 N–H and O–H groups in total. The molecule has 0 aromatic heterocycles. The largest absolute Gasteiger partial charge is 0.492 e. The van der Waals surface area contributed by atoms with Gasteiger partial charge in [0.1, 0.15) is 11.4 Å². The van der Waals surface area contributed by atoms with E-state index >= 15 is 0 Å². The predicted octanol–water partition coefficient (Wildman–Crippen LogP) is 3.38. The maximum Gasteiger partial charge on any atom is 0.410 e. The number of benzene rings is 1. The number of hydrogen-bond acceptors (Lipinski definition) is 6. The van der Waals surface area contributed by atoms with Crippen LogP contribution in [0.5, 0.6) is 17.2 Å². The fourth-order valence-electron chi connectivity index (χ4n) is 4.26. The average molecular weight is 375 g/mol. The molecule has 2 heterocycles. The van der Waals surface area contributed by atoms with Gasteiger partial charge in [0.25, 0.3) is 0 Å². The molecule has 2 atom stereocenters. The lowest BCUT2D eigenvalue weighted by Crippen LogP contribution is -2.51. The Hall–Kier alpha value is -2.44. The molecule has 1 saturated carbocycles. The zero-order valence-electron chi connectivity index (χ0n) is 16.2. The van der Waals surface area contributed by atoms with E-state index in [2.05, 4.69) is 0 Å². The number of nitrogens with zero attached hydrogens (tertiary/aromatic N) is 1. The Balaban J connectivity index is 1.79. The molecule has 0 saturated heterocycles. The van der Waals surface area contributed by atoms with Crippen molar-refractivity contribution in [1.82, 2.24) is 4.90 Å². The molecule has 0 unspecified atom stereocenters. The average Bonchev–Trinajstić information content (AvgIpc) is 3.05. The second-order valence-electron chi connectivity index (χ2n) is 8.27. The van der Waals surface area contributed by atoms with Gasteiger partial charge in [0.15, 0.2) is 11.5 Å². The van der Waals surface area contributed by atoms with E-state index in [-0.39, 0.29) is 24.5 Å². The molecule has 7 heteroatoms. The molecule has 4 rings (SSSR count). The number of carbonyl (C=O) groups excluding carboxylic acids is 2. The first-order valence-electron chi connectivity index (χ1n) is 9.29. The SMILES string of the molecule is COc1c2c(cc3c1OCO3)[C@H]1CCC(=O)C[C@@H]1N(C(=O)OC(C)(C)C)C2. The molecule has 0 bridgehead atoms. The Morgan fingerprint density at radius 2 is 2.07 bits per heavy atom. The molecule has 146 valence electrons. The number of ketones is 1. The van der Waals surface area contributed by atoms with Crippen LogP contribution in [0.25, 0.3) is 0 Å². The van der Waals surface area contributed by atoms with E-state index in [9.17, 15) is 9.59 Å². The van der Waals surface area contributed by atoms with Crippen LogP contribution in [0.15, 0.2) is 6.07 Å². The topological polar surface area (TPSA) is 74.3 Å². The van der Waals surface area contributed by atoms with Gasteiger partial charge < -0.3 is 18.9 Å². The fraction of sp³-hybridized carbons (Fsp3) is 0.600. The first-order valence-corrected chi connectivity index (χ1v) is 9.29. The van der Waals surface area contributed by atoms with Crippen LogP contribution in [-0.4, -0.2) is 42.3 Å². The Morgan fingerprint density at radius 3 is 2.78 bits per heavy atom. The van der Waals surface area contributed by atoms with Crippen molar-refractivity contribution >= 4 is 11.9 Å². The highest BCUT2D eigenvalue weighted by Crippen LogP contribution is 2.52. The lowest BCUT2D eigenvalue weighted by Gasteiger charge is -2.44. The van der Waals surface area contributed by atoms with Crippen LogP contribution in [-0.2, 0) is 16.1 Å². The first kappa shape index (κ1) is 17.9. The summed E-state index contributed by atoms with van der Waals surface area (Å²) in [7, 11) is 1.59. The number of fused-ring (bicyclic) bond motifs is 4. The minimum Gasteiger partial charge on any atom is -0.492 e. The van der Waals surface area contributed by atoms with Crippen LogP contribution in [0.4, 0.5) is 4.79 Å². The molecule has 2 aliphatic heterocycles. The Labute approximate surface area is 158 Å². The first-order chi connectivity index (χ1) is 12.8. The standard InChI is InChI=1S/C20H25NO6/c1-20(2,3)27-19(23)21-9-14-13(12-6-5-11(22)7-15(12)21)8-16-18(17(14)24-4)26-10-25-16/h8,12,15H,5-7,9-10H2,1-4H3/t12-,15+/m1/s1. The minimum atomic E-state index is -0.607. The highest BCUT2D eigenvalue weighted by atomic mass is 16.7. The lowest BCUT2D eigenvalue weighted by molar-refractivity contribution is -0.122. The summed E-state index contributed by atoms with van der Waals surface area (Å²) in [5.74, 6) is 2.06. The van der Waals surface area contributed by atoms with E-state index < -0.39 is 11.7 Å². The highest BCUT2D eigenvalue weighted by molar-refractivity contribution is 5.82. The van der Waals surface area contributed by atoms with Crippen LogP contribution in [0.2, 0.25) is 0 Å². The maximum atomic E-state index is 12.9. The van der Waals surface area contributed by atoms with Gasteiger partial charge in [-0.25, -0.2) is 4.79 Å². The molecule has 0 radical (unpaired) electrons. The number of carbonyl (C=O) groups is 2. The summed E-state index contributed by atoms with van der Waals surface area (Å²) in [6, 6.07) is 1.78. The fourth-order valence-corrected chi connectivity index (χ4v) is 4.26. The Bertz CT molecular complexity index is 797. The molecule has 1 aromatic carbocycles. The van der Waals surface area contributed by atoms with E-state index in [1.54, 1.807) is 12.0 Å². The van der Waals surface area contributed by atoms with Crippen LogP contribution in [0.1, 0.15) is 57.1 Å². The predicted molar refractivity (Wildman–Crippen MR) is 96.3 cm³/mol. The molecule has 1 amide bonds. The zero-order valence-corrected chi connectivity index (χ0v) is 16.2. The summed E-state index contributed by atoms with van der Waals surface area (Å²) in [6.07, 6.45) is 1.15. The van der Waals surface area contributed by atoms with Gasteiger partial charge in [-0.1, -0.05) is 0 Å². The van der Waals surface area contributed by atoms with Gasteiger partial charge in [-0.2, -0.15) is 0 Å². The number of methoxy groups -OCH3 is 1. The summed E-state index contributed by atoms with van der Waals surface area (Å²) >= 11 is 0. The monoisotopic (exact) mass is 375 g/mol. The van der Waals surface area contributed by atoms with E-state index in [0.717, 1.165) is 11.1 Å². The molecular weight excluding hydrogens is 350 g/mol. The Kier molecular flexibility index (Phi) is 4.20. The smallest absolute Gasteiger partial charge is 0.410 e. The Morgan fingerprint density at radius 1 is 1.30 bits per heavy atom. The van der Waals surface area contributed by atoms with Crippen LogP contribution in [0, 0.1) is 0 Å². The number of amides is 1. The van der Waals surface area contributed by atoms with Crippen molar-refractivity contribution in [2.75, 3.05) is 13.9 Å². The summed E-state index contributed by atoms with van der Waals surface area (Å²) < 4.78 is 22.4. The van der Waals surface area contributed by atoms with Gasteiger partial charge in [-0.05, 0) is 38.8 Å². The quantitative estimate of drug-likeness (QED) is 0.749. The minimum absolute atomic E-state index is 0.0439. The van der Waals surface area contributed by atoms with Crippen molar-refractivity contribution in [2.24, 2.45) is 0 Å². The normalized spacial score (nSPS) is 23.6. The second-order valence-corrected chi connectivity index (χ2v) is 8.27. The van der Waals surface area contributed by atoms with Gasteiger partial charge in [0, 0.05) is 30.4 Å². The third kappa shape index (κ3) is 3.09. The van der Waals surface area contributed by atoms with Crippen molar-refractivity contribution < 1.29 is 28.5 Å². The molecular formula is C20H25NO6. The van der Waals surface area contributed by atoms with Crippen LogP contribution >= 0.6 is 0 Å². The van der Waals surface area contributed by atoms with Gasteiger partial charge in [0.2, 0.25) is 12.5 Å². The molecule has 1 aliphatic carbocycles. The summed E-state index contributed by atoms with van der Waals surface area (Å²) in [5.41, 5.74) is 1.38. The molecule has 1 aromatic rings. The lowest BCUT2D eigenvalue weighted by atomic mass is 9.74. The summed E-state index contributed by atoms with van der Waals surface area (Å²) in [5, 5.41) is 0. The van der Waals surface area contributed by atoms with E-state index in [1.165, 1.54) is 0 Å². The maximum absolute atomic E-state index is 12.9. The number of rotatable bonds is 1. The molecule has 0 spiro atoms. The van der Waals surface area contributed by atoms with Gasteiger partial charge in [0.05, 0.1) is 13.7 Å². The number of ether oxygens (including phenoxy) is 4. The third-order valence-electron chi connectivity index (χ3n) is 5.35. The number of hydrogen-bond donors (Lipinski definition) is 0. The summed E-state index contributed by atoms with van der Waals surface area (Å²) in [4.78, 5) is 26.7. The molecule has 3 aliphatic rings. The van der Waals surface area contributed by atoms with Gasteiger partial charge in [-0.15, -0.1) is 0 Å². The van der Waals surface area contributed by atoms with E-state index in [0.29, 0.717) is 43.1 Å². The van der Waals surface area contributed by atoms with Gasteiger partial charge >= 0.3 is 6.09 Å². The van der Waals surface area contributed by atoms with Gasteiger partial charge in [-0.3, -0.25) is 9.69 Å². The van der Waals surface area contributed by atoms with Crippen molar-refractivity contribution in [3.8, 4) is 17.2 Å². The van der Waals surface area contributed by atoms with Crippen molar-refractivity contribution in [1.29, 1.82) is 0 Å².